The van der Waals surface area contributed by atoms with Gasteiger partial charge in [0.15, 0.2) is 0 Å². The number of carbonyl (C=O) groups is 2. The second kappa shape index (κ2) is 8.48. The Morgan fingerprint density at radius 1 is 1.44 bits per heavy atom. The Morgan fingerprint density at radius 2 is 2.26 bits per heavy atom. The Hall–Kier alpha value is -2.47. The van der Waals surface area contributed by atoms with Gasteiger partial charge in [0.1, 0.15) is 6.61 Å². The third-order valence-electron chi connectivity index (χ3n) is 4.65. The monoisotopic (exact) mass is 384 g/mol. The van der Waals surface area contributed by atoms with E-state index in [0.29, 0.717) is 25.1 Å². The van der Waals surface area contributed by atoms with Crippen LogP contribution in [-0.4, -0.2) is 37.3 Å². The van der Waals surface area contributed by atoms with E-state index >= 15 is 0 Å². The standard InChI is InChI=1S/C21H24N2O3S/c1-4-14(2)13-22-20(24)15-8-9-17-18(11-15)27-19(21(25)23(17)3)12-16-7-5-6-10-26-16/h4-9,11,19H,10,12-13H2,1-3H3,(H,22,24)/b14-4+. The van der Waals surface area contributed by atoms with Crippen LogP contribution in [0.25, 0.3) is 0 Å². The molecule has 2 heterocycles. The van der Waals surface area contributed by atoms with Gasteiger partial charge in [0.05, 0.1) is 16.7 Å². The van der Waals surface area contributed by atoms with E-state index in [1.807, 2.05) is 50.3 Å². The van der Waals surface area contributed by atoms with Gasteiger partial charge in [0.2, 0.25) is 5.91 Å². The first-order valence-corrected chi connectivity index (χ1v) is 9.84. The molecule has 5 nitrogen and oxygen atoms in total. The predicted molar refractivity (Wildman–Crippen MR) is 109 cm³/mol. The number of thioether (sulfide) groups is 1. The van der Waals surface area contributed by atoms with Crippen LogP contribution in [0.5, 0.6) is 0 Å². The van der Waals surface area contributed by atoms with Crippen molar-refractivity contribution in [1.29, 1.82) is 0 Å². The molecular formula is C21H24N2O3S. The van der Waals surface area contributed by atoms with E-state index in [1.165, 1.54) is 11.8 Å². The highest BCUT2D eigenvalue weighted by Gasteiger charge is 2.33. The molecule has 3 rings (SSSR count). The summed E-state index contributed by atoms with van der Waals surface area (Å²) in [5.41, 5.74) is 2.54. The van der Waals surface area contributed by atoms with Crippen LogP contribution < -0.4 is 10.2 Å². The molecule has 6 heteroatoms. The van der Waals surface area contributed by atoms with E-state index in [9.17, 15) is 9.59 Å². The van der Waals surface area contributed by atoms with E-state index in [-0.39, 0.29) is 17.1 Å². The summed E-state index contributed by atoms with van der Waals surface area (Å²) in [4.78, 5) is 27.7. The average molecular weight is 385 g/mol. The third kappa shape index (κ3) is 4.45. The summed E-state index contributed by atoms with van der Waals surface area (Å²) >= 11 is 1.50. The highest BCUT2D eigenvalue weighted by molar-refractivity contribution is 8.01. The van der Waals surface area contributed by atoms with E-state index in [2.05, 4.69) is 5.32 Å². The van der Waals surface area contributed by atoms with Gasteiger partial charge in [-0.05, 0) is 44.2 Å². The Balaban J connectivity index is 1.77. The summed E-state index contributed by atoms with van der Waals surface area (Å²) < 4.78 is 5.60. The third-order valence-corrected chi connectivity index (χ3v) is 5.88. The van der Waals surface area contributed by atoms with Crippen LogP contribution in [0.4, 0.5) is 5.69 Å². The SMILES string of the molecule is C/C=C(\C)CNC(=O)c1ccc2c(c1)SC(CC1=CC=CCO1)C(=O)N2C. The number of ether oxygens (including phenoxy) is 1. The summed E-state index contributed by atoms with van der Waals surface area (Å²) in [5.74, 6) is 0.752. The van der Waals surface area contributed by atoms with Crippen LogP contribution in [0, 0.1) is 0 Å². The van der Waals surface area contributed by atoms with Gasteiger partial charge < -0.3 is 15.0 Å². The van der Waals surface area contributed by atoms with Crippen LogP contribution in [0.2, 0.25) is 0 Å². The molecule has 0 radical (unpaired) electrons. The molecule has 142 valence electrons. The van der Waals surface area contributed by atoms with Gasteiger partial charge in [-0.25, -0.2) is 0 Å². The summed E-state index contributed by atoms with van der Waals surface area (Å²) in [6.45, 7) is 5.00. The number of carbonyl (C=O) groups excluding carboxylic acids is 2. The molecule has 1 N–H and O–H groups in total. The highest BCUT2D eigenvalue weighted by atomic mass is 32.2. The minimum absolute atomic E-state index is 0.0486. The van der Waals surface area contributed by atoms with Crippen molar-refractivity contribution in [3.63, 3.8) is 0 Å². The highest BCUT2D eigenvalue weighted by Crippen LogP contribution is 2.41. The normalized spacial score (nSPS) is 19.3. The van der Waals surface area contributed by atoms with Crippen LogP contribution >= 0.6 is 11.8 Å². The maximum absolute atomic E-state index is 12.7. The first-order valence-electron chi connectivity index (χ1n) is 8.96. The molecule has 2 amide bonds. The van der Waals surface area contributed by atoms with Crippen molar-refractivity contribution in [2.24, 2.45) is 0 Å². The zero-order valence-electron chi connectivity index (χ0n) is 15.8. The minimum atomic E-state index is -0.260. The Bertz CT molecular complexity index is 842. The zero-order chi connectivity index (χ0) is 19.4. The minimum Gasteiger partial charge on any atom is -0.494 e. The molecule has 1 unspecified atom stereocenters. The number of hydrogen-bond donors (Lipinski definition) is 1. The van der Waals surface area contributed by atoms with Crippen LogP contribution in [0.3, 0.4) is 0 Å². The van der Waals surface area contributed by atoms with Gasteiger partial charge in [0.25, 0.3) is 5.91 Å². The molecule has 0 aromatic heterocycles. The number of anilines is 1. The van der Waals surface area contributed by atoms with Gasteiger partial charge in [0, 0.05) is 30.5 Å². The smallest absolute Gasteiger partial charge is 0.251 e. The topological polar surface area (TPSA) is 58.6 Å². The molecule has 0 saturated heterocycles. The number of nitrogens with one attached hydrogen (secondary N) is 1. The second-order valence-electron chi connectivity index (χ2n) is 6.58. The van der Waals surface area contributed by atoms with Crippen LogP contribution in [0.15, 0.2) is 58.7 Å². The fourth-order valence-corrected chi connectivity index (χ4v) is 4.20. The van der Waals surface area contributed by atoms with Gasteiger partial charge in [-0.3, -0.25) is 9.59 Å². The molecule has 1 atom stereocenters. The van der Waals surface area contributed by atoms with Crippen LogP contribution in [-0.2, 0) is 9.53 Å². The first kappa shape index (κ1) is 19.3. The van der Waals surface area contributed by atoms with Gasteiger partial charge >= 0.3 is 0 Å². The van der Waals surface area contributed by atoms with Crippen molar-refractivity contribution < 1.29 is 14.3 Å². The Labute approximate surface area is 164 Å². The van der Waals surface area contributed by atoms with E-state index in [0.717, 1.165) is 21.9 Å². The molecule has 1 aromatic carbocycles. The lowest BCUT2D eigenvalue weighted by Crippen LogP contribution is -2.38. The van der Waals surface area contributed by atoms with Crippen molar-refractivity contribution >= 4 is 29.3 Å². The summed E-state index contributed by atoms with van der Waals surface area (Å²) in [6, 6.07) is 5.47. The number of fused-ring (bicyclic) bond motifs is 1. The number of rotatable bonds is 5. The molecule has 0 aliphatic carbocycles. The molecule has 0 spiro atoms. The number of amides is 2. The maximum Gasteiger partial charge on any atom is 0.251 e. The first-order chi connectivity index (χ1) is 13.0. The Morgan fingerprint density at radius 3 is 2.96 bits per heavy atom. The van der Waals surface area contributed by atoms with Gasteiger partial charge in [-0.15, -0.1) is 11.8 Å². The average Bonchev–Trinajstić information content (AvgIpc) is 2.70. The van der Waals surface area contributed by atoms with Gasteiger partial charge in [-0.1, -0.05) is 17.7 Å². The zero-order valence-corrected chi connectivity index (χ0v) is 16.6. The molecule has 1 aromatic rings. The fraction of sp³-hybridized carbons (Fsp3) is 0.333. The number of benzene rings is 1. The largest absolute Gasteiger partial charge is 0.494 e. The van der Waals surface area contributed by atoms with Crippen molar-refractivity contribution in [2.75, 3.05) is 25.1 Å². The second-order valence-corrected chi connectivity index (χ2v) is 7.82. The van der Waals surface area contributed by atoms with Gasteiger partial charge in [-0.2, -0.15) is 0 Å². The van der Waals surface area contributed by atoms with Crippen molar-refractivity contribution in [3.05, 3.63) is 59.4 Å². The lowest BCUT2D eigenvalue weighted by atomic mass is 10.1. The summed E-state index contributed by atoms with van der Waals surface area (Å²) in [5, 5.41) is 2.66. The lowest BCUT2D eigenvalue weighted by Gasteiger charge is -2.31. The number of hydrogen-bond acceptors (Lipinski definition) is 4. The van der Waals surface area contributed by atoms with E-state index < -0.39 is 0 Å². The number of nitrogens with zero attached hydrogens (tertiary/aromatic N) is 1. The lowest BCUT2D eigenvalue weighted by molar-refractivity contribution is -0.118. The predicted octanol–water partition coefficient (Wildman–Crippen LogP) is 3.68. The molecule has 2 aliphatic rings. The quantitative estimate of drug-likeness (QED) is 0.787. The molecular weight excluding hydrogens is 360 g/mol. The van der Waals surface area contributed by atoms with Crippen molar-refractivity contribution in [2.45, 2.75) is 30.4 Å². The fourth-order valence-electron chi connectivity index (χ4n) is 2.86. The molecule has 0 fully saturated rings. The number of allylic oxidation sites excluding steroid dienone is 4. The van der Waals surface area contributed by atoms with E-state index in [4.69, 9.17) is 4.74 Å². The molecule has 0 saturated carbocycles. The summed E-state index contributed by atoms with van der Waals surface area (Å²) in [7, 11) is 1.78. The maximum atomic E-state index is 12.7. The van der Waals surface area contributed by atoms with E-state index in [1.54, 1.807) is 18.0 Å². The van der Waals surface area contributed by atoms with Crippen molar-refractivity contribution in [3.8, 4) is 0 Å². The van der Waals surface area contributed by atoms with Crippen LogP contribution in [0.1, 0.15) is 30.6 Å². The summed E-state index contributed by atoms with van der Waals surface area (Å²) in [6.07, 6.45) is 8.30. The Kier molecular flexibility index (Phi) is 6.06. The molecule has 27 heavy (non-hydrogen) atoms. The molecule has 2 aliphatic heterocycles. The van der Waals surface area contributed by atoms with Crippen molar-refractivity contribution in [1.82, 2.24) is 5.32 Å². The molecule has 0 bridgehead atoms.